The number of carboxylic acids is 3. The van der Waals surface area contributed by atoms with Crippen LogP contribution >= 0.6 is 95.6 Å². The van der Waals surface area contributed by atoms with Gasteiger partial charge >= 0.3 is 34.7 Å². The van der Waals surface area contributed by atoms with Crippen molar-refractivity contribution in [1.82, 2.24) is 0 Å². The van der Waals surface area contributed by atoms with E-state index in [2.05, 4.69) is 95.6 Å². The molecule has 0 saturated carbocycles. The summed E-state index contributed by atoms with van der Waals surface area (Å²) >= 11 is 19.4. The van der Waals surface area contributed by atoms with Crippen molar-refractivity contribution in [3.63, 3.8) is 0 Å². The molecular weight excluding hydrogens is 1490 g/mol. The Bertz CT molecular complexity index is 4260. The first kappa shape index (κ1) is 62.2. The van der Waals surface area contributed by atoms with E-state index in [0.717, 1.165) is 0 Å². The summed E-state index contributed by atoms with van der Waals surface area (Å²) in [7, 11) is 0. The molecule has 0 bridgehead atoms. The minimum absolute atomic E-state index is 0. The van der Waals surface area contributed by atoms with Crippen LogP contribution in [0.25, 0.3) is 100 Å². The van der Waals surface area contributed by atoms with Crippen molar-refractivity contribution in [1.29, 1.82) is 0 Å². The van der Waals surface area contributed by atoms with E-state index >= 15 is 0 Å². The molecule has 402 valence electrons. The first-order valence-corrected chi connectivity index (χ1v) is 28.0. The number of fused-ring (bicyclic) bond motifs is 6. The van der Waals surface area contributed by atoms with Crippen molar-refractivity contribution in [2.45, 2.75) is 0 Å². The quantitative estimate of drug-likeness (QED) is 0.111. The molecular formula is C60H24Al2Br6O15. The van der Waals surface area contributed by atoms with Crippen molar-refractivity contribution >= 4 is 181 Å². The van der Waals surface area contributed by atoms with Crippen LogP contribution in [0, 0.1) is 0 Å². The van der Waals surface area contributed by atoms with Gasteiger partial charge in [0.15, 0.2) is 33.6 Å². The standard InChI is InChI=1S/3C20H10Br2O5.2Al/c3*21-16-13(23)7-5-11-15(9-3-1-2-4-10(9)20(25)26)12-6-8-14(24)17(22)19(12)27-18(11)16;;/h3*1-8,23H,(H,25,26);;/q;;;2*+3/p-6. The molecule has 6 aliphatic rings. The van der Waals surface area contributed by atoms with Crippen LogP contribution in [0.5, 0.6) is 17.2 Å². The van der Waals surface area contributed by atoms with Crippen molar-refractivity contribution in [2.24, 2.45) is 0 Å². The van der Waals surface area contributed by atoms with Gasteiger partial charge in [0.25, 0.3) is 0 Å². The van der Waals surface area contributed by atoms with Crippen LogP contribution in [0.3, 0.4) is 0 Å². The van der Waals surface area contributed by atoms with Crippen LogP contribution in [-0.2, 0) is 0 Å². The molecule has 0 spiro atoms. The summed E-state index contributed by atoms with van der Waals surface area (Å²) in [5.74, 6) is -4.18. The van der Waals surface area contributed by atoms with Crippen molar-refractivity contribution in [3.05, 3.63) is 220 Å². The molecule has 3 heterocycles. The van der Waals surface area contributed by atoms with Gasteiger partial charge in [0.2, 0.25) is 0 Å². The fourth-order valence-electron chi connectivity index (χ4n) is 9.26. The molecule has 0 N–H and O–H groups in total. The first-order valence-electron chi connectivity index (χ1n) is 23.3. The van der Waals surface area contributed by atoms with Crippen LogP contribution in [-0.4, -0.2) is 52.6 Å². The summed E-state index contributed by atoms with van der Waals surface area (Å²) in [6.07, 6.45) is 0. The molecule has 0 radical (unpaired) electrons. The molecule has 0 saturated heterocycles. The summed E-state index contributed by atoms with van der Waals surface area (Å²) in [5, 5.41) is 72.8. The number of benzene rings is 9. The van der Waals surface area contributed by atoms with E-state index in [4.69, 9.17) is 13.3 Å². The van der Waals surface area contributed by atoms with Gasteiger partial charge in [-0.3, -0.25) is 14.4 Å². The van der Waals surface area contributed by atoms with Crippen molar-refractivity contribution in [2.75, 3.05) is 0 Å². The Hall–Kier alpha value is -6.86. The van der Waals surface area contributed by atoms with Crippen molar-refractivity contribution in [3.8, 4) is 84.6 Å². The number of carbonyl (C=O) groups is 3. The van der Waals surface area contributed by atoms with E-state index in [1.807, 2.05) is 0 Å². The second kappa shape index (κ2) is 25.2. The second-order valence-corrected chi connectivity index (χ2v) is 22.2. The van der Waals surface area contributed by atoms with Crippen LogP contribution in [0.4, 0.5) is 0 Å². The van der Waals surface area contributed by atoms with E-state index in [9.17, 15) is 59.4 Å². The third-order valence-electron chi connectivity index (χ3n) is 12.8. The summed E-state index contributed by atoms with van der Waals surface area (Å²) in [6, 6.07) is 36.9. The van der Waals surface area contributed by atoms with Gasteiger partial charge in [0, 0.05) is 66.2 Å². The zero-order chi connectivity index (χ0) is 57.9. The molecule has 0 atom stereocenters. The third kappa shape index (κ3) is 11.4. The minimum atomic E-state index is -1.33. The van der Waals surface area contributed by atoms with Crippen LogP contribution in [0.15, 0.2) is 200 Å². The Labute approximate surface area is 538 Å². The number of carbonyl (C=O) groups excluding carboxylic acids is 3. The van der Waals surface area contributed by atoms with Crippen LogP contribution in [0.2, 0.25) is 0 Å². The number of halogens is 6. The molecule has 0 fully saturated rings. The fraction of sp³-hybridized carbons (Fsp3) is 0. The van der Waals surface area contributed by atoms with Crippen molar-refractivity contribution < 1.29 is 58.3 Å². The van der Waals surface area contributed by atoms with Gasteiger partial charge < -0.3 is 58.3 Å². The van der Waals surface area contributed by atoms with Gasteiger partial charge in [-0.05, 0) is 149 Å². The zero-order valence-corrected chi connectivity index (χ0v) is 53.2. The van der Waals surface area contributed by atoms with E-state index in [1.165, 1.54) is 54.6 Å². The molecule has 12 rings (SSSR count). The Morgan fingerprint density at radius 3 is 0.795 bits per heavy atom. The van der Waals surface area contributed by atoms with E-state index in [0.29, 0.717) is 66.2 Å². The molecule has 6 aromatic carbocycles. The Morgan fingerprint density at radius 1 is 0.313 bits per heavy atom. The average Bonchev–Trinajstić information content (AvgIpc) is 3.11. The molecule has 6 aromatic rings. The van der Waals surface area contributed by atoms with Crippen LogP contribution < -0.4 is 46.9 Å². The van der Waals surface area contributed by atoms with Gasteiger partial charge in [0.05, 0.1) is 31.3 Å². The van der Waals surface area contributed by atoms with Gasteiger partial charge in [-0.1, -0.05) is 126 Å². The number of aromatic carboxylic acids is 3. The average molecular weight is 1520 g/mol. The van der Waals surface area contributed by atoms with E-state index < -0.39 is 17.9 Å². The monoisotopic (exact) mass is 1510 g/mol. The van der Waals surface area contributed by atoms with Crippen LogP contribution in [0.1, 0.15) is 31.1 Å². The maximum Gasteiger partial charge on any atom is 3.00 e. The zero-order valence-electron chi connectivity index (χ0n) is 41.4. The molecule has 3 aliphatic heterocycles. The number of rotatable bonds is 6. The minimum Gasteiger partial charge on any atom is -0.872 e. The predicted octanol–water partition coefficient (Wildman–Crippen LogP) is 9.82. The second-order valence-electron chi connectivity index (χ2n) is 17.5. The maximum atomic E-state index is 12.1. The van der Waals surface area contributed by atoms with E-state index in [1.54, 1.807) is 91.0 Å². The summed E-state index contributed by atoms with van der Waals surface area (Å²) < 4.78 is 18.8. The summed E-state index contributed by atoms with van der Waals surface area (Å²) in [4.78, 5) is 71.1. The van der Waals surface area contributed by atoms with Gasteiger partial charge in [-0.25, -0.2) is 0 Å². The molecule has 0 unspecified atom stereocenters. The smallest absolute Gasteiger partial charge is 0.872 e. The predicted molar refractivity (Wildman–Crippen MR) is 323 cm³/mol. The number of carboxylic acid groups (broad SMARTS) is 3. The van der Waals surface area contributed by atoms with Gasteiger partial charge in [0.1, 0.15) is 30.2 Å². The number of hydrogen-bond acceptors (Lipinski definition) is 15. The first-order chi connectivity index (χ1) is 38.7. The molecule has 23 heteroatoms. The summed E-state index contributed by atoms with van der Waals surface area (Å²) in [6.45, 7) is 0. The topological polar surface area (TPSA) is 280 Å². The third-order valence-corrected chi connectivity index (χ3v) is 17.4. The maximum absolute atomic E-state index is 12.1. The normalized spacial score (nSPS) is 10.9. The molecule has 15 nitrogen and oxygen atoms in total. The largest absolute Gasteiger partial charge is 3.00 e. The number of hydrogen-bond donors (Lipinski definition) is 0. The molecule has 0 aromatic heterocycles. The molecule has 0 amide bonds. The SMILES string of the molecule is O=C([O-])c1ccccc1-c1c2ccc(=O)c(Br)c-2oc2c(Br)c([O-])ccc12.O=C([O-])c1ccccc1-c1c2ccc(=O)c(Br)c-2oc2c(Br)c([O-])ccc12.O=C([O-])c1ccccc1-c1c2ccc(=O)c(Br)c-2oc2c(Br)c([O-])ccc12.[Al+3].[Al+3]. The fourth-order valence-corrected chi connectivity index (χ4v) is 11.8. The molecule has 3 aliphatic carbocycles. The Kier molecular flexibility index (Phi) is 18.9. The van der Waals surface area contributed by atoms with Gasteiger partial charge in [-0.15, -0.1) is 0 Å². The van der Waals surface area contributed by atoms with Gasteiger partial charge in [-0.2, -0.15) is 0 Å². The Morgan fingerprint density at radius 2 is 0.554 bits per heavy atom. The summed E-state index contributed by atoms with van der Waals surface area (Å²) in [5.41, 5.74) is 4.21. The Balaban J connectivity index is 0.000000161. The van der Waals surface area contributed by atoms with E-state index in [-0.39, 0.29) is 146 Å². The molecule has 83 heavy (non-hydrogen) atoms.